The van der Waals surface area contributed by atoms with Gasteiger partial charge in [-0.1, -0.05) is 51.1 Å². The second kappa shape index (κ2) is 11.2. The predicted octanol–water partition coefficient (Wildman–Crippen LogP) is 4.95. The van der Waals surface area contributed by atoms with Crippen molar-refractivity contribution in [1.82, 2.24) is 30.0 Å². The number of aromatic nitrogens is 5. The maximum atomic E-state index is 13.0. The van der Waals surface area contributed by atoms with E-state index < -0.39 is 0 Å². The summed E-state index contributed by atoms with van der Waals surface area (Å²) < 4.78 is 7.09. The van der Waals surface area contributed by atoms with Gasteiger partial charge in [0.1, 0.15) is 11.5 Å². The van der Waals surface area contributed by atoms with Gasteiger partial charge in [-0.2, -0.15) is 0 Å². The molecule has 1 aliphatic heterocycles. The molecule has 4 heterocycles. The van der Waals surface area contributed by atoms with Crippen molar-refractivity contribution >= 4 is 17.4 Å². The quantitative estimate of drug-likeness (QED) is 0.350. The molecule has 0 radical (unpaired) electrons. The second-order valence-electron chi connectivity index (χ2n) is 11.9. The largest absolute Gasteiger partial charge is 0.368 e. The van der Waals surface area contributed by atoms with Crippen molar-refractivity contribution in [1.29, 1.82) is 0 Å². The molecule has 1 saturated heterocycles. The van der Waals surface area contributed by atoms with Crippen molar-refractivity contribution in [3.63, 3.8) is 0 Å². The van der Waals surface area contributed by atoms with Crippen LogP contribution in [-0.2, 0) is 5.41 Å². The highest BCUT2D eigenvalue weighted by atomic mass is 16.5. The third-order valence-corrected chi connectivity index (χ3v) is 7.08. The minimum Gasteiger partial charge on any atom is -0.368 e. The van der Waals surface area contributed by atoms with E-state index in [-0.39, 0.29) is 11.3 Å². The van der Waals surface area contributed by atoms with Crippen molar-refractivity contribution in [2.45, 2.75) is 47.0 Å². The van der Waals surface area contributed by atoms with Crippen LogP contribution in [0.3, 0.4) is 0 Å². The van der Waals surface area contributed by atoms with Crippen molar-refractivity contribution in [3.05, 3.63) is 65.8 Å². The number of nitrogens with zero attached hydrogens (tertiary/aromatic N) is 7. The van der Waals surface area contributed by atoms with Crippen LogP contribution in [0.4, 0.5) is 11.5 Å². The van der Waals surface area contributed by atoms with E-state index >= 15 is 0 Å². The number of piperazine rings is 1. The zero-order valence-corrected chi connectivity index (χ0v) is 24.2. The molecular formula is C30H38N8O2. The maximum absolute atomic E-state index is 13.0. The highest BCUT2D eigenvalue weighted by Crippen LogP contribution is 2.26. The Morgan fingerprint density at radius 1 is 1.07 bits per heavy atom. The fourth-order valence-corrected chi connectivity index (χ4v) is 4.83. The monoisotopic (exact) mass is 542 g/mol. The number of hydrogen-bond acceptors (Lipinski definition) is 8. The molecule has 0 unspecified atom stereocenters. The summed E-state index contributed by atoms with van der Waals surface area (Å²) in [5, 5.41) is 15.6. The molecule has 1 fully saturated rings. The summed E-state index contributed by atoms with van der Waals surface area (Å²) in [4.78, 5) is 22.4. The number of carbonyl (C=O) groups is 1. The molecule has 210 valence electrons. The predicted molar refractivity (Wildman–Crippen MR) is 156 cm³/mol. The molecule has 10 nitrogen and oxygen atoms in total. The van der Waals surface area contributed by atoms with Crippen molar-refractivity contribution in [2.75, 3.05) is 42.9 Å². The third-order valence-electron chi connectivity index (χ3n) is 7.08. The van der Waals surface area contributed by atoms with E-state index in [1.54, 1.807) is 22.9 Å². The number of benzene rings is 1. The number of nitrogens with one attached hydrogen (secondary N) is 1. The second-order valence-corrected chi connectivity index (χ2v) is 11.9. The molecule has 1 amide bonds. The van der Waals surface area contributed by atoms with Gasteiger partial charge < -0.3 is 14.7 Å². The molecule has 40 heavy (non-hydrogen) atoms. The molecule has 0 bridgehead atoms. The maximum Gasteiger partial charge on any atom is 0.256 e. The van der Waals surface area contributed by atoms with E-state index in [2.05, 4.69) is 55.5 Å². The van der Waals surface area contributed by atoms with Crippen LogP contribution in [0.15, 0.2) is 53.4 Å². The number of anilines is 2. The van der Waals surface area contributed by atoms with Crippen LogP contribution in [0.25, 0.3) is 16.9 Å². The van der Waals surface area contributed by atoms with Crippen LogP contribution in [0.2, 0.25) is 0 Å². The van der Waals surface area contributed by atoms with Gasteiger partial charge in [-0.15, -0.1) is 5.10 Å². The average Bonchev–Trinajstić information content (AvgIpc) is 3.60. The fraction of sp³-hybridized carbons (Fsp3) is 0.433. The molecule has 0 spiro atoms. The molecular weight excluding hydrogens is 504 g/mol. The Hall–Kier alpha value is -4.05. The lowest BCUT2D eigenvalue weighted by Crippen LogP contribution is -2.47. The smallest absolute Gasteiger partial charge is 0.256 e. The lowest BCUT2D eigenvalue weighted by molar-refractivity contribution is 0.102. The average molecular weight is 543 g/mol. The minimum absolute atomic E-state index is 0.199. The summed E-state index contributed by atoms with van der Waals surface area (Å²) in [6.07, 6.45) is 5.60. The first-order chi connectivity index (χ1) is 19.1. The van der Waals surface area contributed by atoms with Crippen molar-refractivity contribution in [3.8, 4) is 16.9 Å². The van der Waals surface area contributed by atoms with Crippen LogP contribution in [0.1, 0.15) is 56.3 Å². The highest BCUT2D eigenvalue weighted by Gasteiger charge is 2.22. The lowest BCUT2D eigenvalue weighted by Gasteiger charge is -2.36. The van der Waals surface area contributed by atoms with Crippen molar-refractivity contribution in [2.24, 2.45) is 5.92 Å². The molecule has 0 aliphatic carbocycles. The Labute approximate surface area is 235 Å². The van der Waals surface area contributed by atoms with Crippen LogP contribution in [0.5, 0.6) is 0 Å². The Morgan fingerprint density at radius 2 is 1.85 bits per heavy atom. The molecule has 0 atom stereocenters. The number of rotatable bonds is 7. The van der Waals surface area contributed by atoms with Gasteiger partial charge in [0.05, 0.1) is 23.8 Å². The van der Waals surface area contributed by atoms with Gasteiger partial charge in [0, 0.05) is 61.5 Å². The molecule has 1 aromatic carbocycles. The van der Waals surface area contributed by atoms with Gasteiger partial charge in [0.25, 0.3) is 5.91 Å². The van der Waals surface area contributed by atoms with E-state index in [4.69, 9.17) is 4.52 Å². The summed E-state index contributed by atoms with van der Waals surface area (Å²) in [6, 6.07) is 9.37. The normalized spacial score (nSPS) is 14.6. The zero-order chi connectivity index (χ0) is 28.4. The topological polar surface area (TPSA) is 105 Å². The van der Waals surface area contributed by atoms with Gasteiger partial charge >= 0.3 is 0 Å². The van der Waals surface area contributed by atoms with E-state index in [0.29, 0.717) is 23.1 Å². The third kappa shape index (κ3) is 6.22. The van der Waals surface area contributed by atoms with Crippen molar-refractivity contribution < 1.29 is 9.32 Å². The van der Waals surface area contributed by atoms with Gasteiger partial charge in [0.2, 0.25) is 0 Å². The highest BCUT2D eigenvalue weighted by molar-refractivity contribution is 6.04. The molecule has 1 aliphatic rings. The van der Waals surface area contributed by atoms with Crippen LogP contribution < -0.4 is 10.2 Å². The summed E-state index contributed by atoms with van der Waals surface area (Å²) in [6.45, 7) is 17.8. The van der Waals surface area contributed by atoms with Gasteiger partial charge in [-0.3, -0.25) is 14.7 Å². The number of pyridine rings is 1. The molecule has 1 N–H and O–H groups in total. The van der Waals surface area contributed by atoms with Crippen LogP contribution in [0, 0.1) is 12.8 Å². The van der Waals surface area contributed by atoms with E-state index in [1.165, 1.54) is 0 Å². The SMILES string of the molecule is Cc1ccc(C(=O)Nc2cc(C(C)(C)C)on2)cc1-n1cc(-c2cncc(N3CCN(CC(C)C)CC3)c2)nn1. The molecule has 0 saturated carbocycles. The van der Waals surface area contributed by atoms with Crippen LogP contribution >= 0.6 is 0 Å². The number of amides is 1. The molecule has 3 aromatic heterocycles. The first-order valence-corrected chi connectivity index (χ1v) is 13.8. The summed E-state index contributed by atoms with van der Waals surface area (Å²) >= 11 is 0. The van der Waals surface area contributed by atoms with Gasteiger partial charge in [0.15, 0.2) is 5.82 Å². The van der Waals surface area contributed by atoms with Gasteiger partial charge in [-0.05, 0) is 36.6 Å². The first kappa shape index (κ1) is 27.5. The molecule has 10 heteroatoms. The summed E-state index contributed by atoms with van der Waals surface area (Å²) in [5.74, 6) is 1.48. The van der Waals surface area contributed by atoms with Crippen LogP contribution in [-0.4, -0.2) is 68.7 Å². The number of carbonyl (C=O) groups excluding carboxylic acids is 1. The molecule has 4 aromatic rings. The minimum atomic E-state index is -0.277. The first-order valence-electron chi connectivity index (χ1n) is 13.8. The van der Waals surface area contributed by atoms with E-state index in [1.807, 2.05) is 52.4 Å². The van der Waals surface area contributed by atoms with E-state index in [0.717, 1.165) is 60.9 Å². The Balaban J connectivity index is 1.31. The Bertz CT molecular complexity index is 1470. The van der Waals surface area contributed by atoms with E-state index in [9.17, 15) is 4.79 Å². The molecule has 5 rings (SSSR count). The number of aryl methyl sites for hydroxylation is 1. The summed E-state index contributed by atoms with van der Waals surface area (Å²) in [7, 11) is 0. The Kier molecular flexibility index (Phi) is 7.71. The van der Waals surface area contributed by atoms with Gasteiger partial charge in [-0.25, -0.2) is 4.68 Å². The summed E-state index contributed by atoms with van der Waals surface area (Å²) in [5.41, 5.74) is 4.74. The zero-order valence-electron chi connectivity index (χ0n) is 24.2. The standard InChI is InChI=1S/C30H38N8O2/c1-20(2)18-36-9-11-37(12-10-36)24-13-23(16-31-17-24)25-19-38(35-33-25)26-14-22(8-7-21(26)3)29(39)32-28-15-27(40-34-28)30(4,5)6/h7-8,13-17,19-20H,9-12,18H2,1-6H3,(H,32,34,39). The fourth-order valence-electron chi connectivity index (χ4n) is 4.83. The number of hydrogen-bond donors (Lipinski definition) is 1. The Morgan fingerprint density at radius 3 is 2.55 bits per heavy atom. The lowest BCUT2D eigenvalue weighted by atomic mass is 9.93.